The van der Waals surface area contributed by atoms with Crippen LogP contribution in [0.4, 0.5) is 0 Å². The van der Waals surface area contributed by atoms with Crippen LogP contribution in [0.5, 0.6) is 0 Å². The van der Waals surface area contributed by atoms with E-state index in [9.17, 15) is 13.2 Å². The molecular formula is C20H25N5O3S. The smallest absolute Gasteiger partial charge is 0.243 e. The minimum absolute atomic E-state index is 0.00831. The molecule has 2 fully saturated rings. The highest BCUT2D eigenvalue weighted by molar-refractivity contribution is 7.89. The third kappa shape index (κ3) is 2.82. The quantitative estimate of drug-likeness (QED) is 0.745. The zero-order valence-corrected chi connectivity index (χ0v) is 17.5. The van der Waals surface area contributed by atoms with Crippen molar-refractivity contribution in [1.82, 2.24) is 24.0 Å². The van der Waals surface area contributed by atoms with Crippen molar-refractivity contribution in [1.29, 1.82) is 0 Å². The SMILES string of the molecule is CC(=O)N1CC(c2nncn2C)C2(C1)CN(S(=O)(=O)c1ccc3c(c1)CCC3)C2. The highest BCUT2D eigenvalue weighted by Crippen LogP contribution is 2.50. The van der Waals surface area contributed by atoms with Crippen molar-refractivity contribution in [3.8, 4) is 0 Å². The molecule has 29 heavy (non-hydrogen) atoms. The van der Waals surface area contributed by atoms with Gasteiger partial charge in [-0.15, -0.1) is 10.2 Å². The number of likely N-dealkylation sites (tertiary alicyclic amines) is 1. The van der Waals surface area contributed by atoms with Gasteiger partial charge in [-0.1, -0.05) is 6.07 Å². The van der Waals surface area contributed by atoms with E-state index in [1.54, 1.807) is 28.5 Å². The Balaban J connectivity index is 1.42. The molecule has 2 aromatic rings. The summed E-state index contributed by atoms with van der Waals surface area (Å²) < 4.78 is 29.9. The van der Waals surface area contributed by atoms with Crippen LogP contribution in [0.1, 0.15) is 36.2 Å². The van der Waals surface area contributed by atoms with Gasteiger partial charge in [-0.2, -0.15) is 4.31 Å². The van der Waals surface area contributed by atoms with Crippen LogP contribution in [0.15, 0.2) is 29.4 Å². The van der Waals surface area contributed by atoms with Crippen molar-refractivity contribution in [2.75, 3.05) is 26.2 Å². The zero-order chi connectivity index (χ0) is 20.4. The number of aryl methyl sites for hydroxylation is 3. The van der Waals surface area contributed by atoms with Crippen LogP contribution in [0.3, 0.4) is 0 Å². The number of rotatable bonds is 3. The van der Waals surface area contributed by atoms with E-state index in [1.807, 2.05) is 23.7 Å². The number of benzene rings is 1. The fraction of sp³-hybridized carbons (Fsp3) is 0.550. The van der Waals surface area contributed by atoms with E-state index in [0.717, 1.165) is 30.7 Å². The fourth-order valence-electron chi connectivity index (χ4n) is 5.18. The summed E-state index contributed by atoms with van der Waals surface area (Å²) in [5, 5.41) is 8.25. The van der Waals surface area contributed by atoms with Crippen molar-refractivity contribution < 1.29 is 13.2 Å². The van der Waals surface area contributed by atoms with Gasteiger partial charge in [0.1, 0.15) is 12.2 Å². The Morgan fingerprint density at radius 2 is 1.93 bits per heavy atom. The molecule has 1 amide bonds. The number of aromatic nitrogens is 3. The van der Waals surface area contributed by atoms with Gasteiger partial charge < -0.3 is 9.47 Å². The summed E-state index contributed by atoms with van der Waals surface area (Å²) >= 11 is 0. The first-order valence-corrected chi connectivity index (χ1v) is 11.5. The van der Waals surface area contributed by atoms with E-state index in [4.69, 9.17) is 0 Å². The van der Waals surface area contributed by atoms with Crippen LogP contribution >= 0.6 is 0 Å². The summed E-state index contributed by atoms with van der Waals surface area (Å²) in [6, 6.07) is 5.54. The minimum atomic E-state index is -3.54. The molecule has 1 aromatic carbocycles. The predicted octanol–water partition coefficient (Wildman–Crippen LogP) is 0.940. The maximum atomic E-state index is 13.2. The fourth-order valence-corrected chi connectivity index (χ4v) is 6.86. The number of fused-ring (bicyclic) bond motifs is 1. The molecule has 1 spiro atoms. The Hall–Kier alpha value is -2.26. The monoisotopic (exact) mass is 415 g/mol. The number of carbonyl (C=O) groups is 1. The molecule has 2 saturated heterocycles. The lowest BCUT2D eigenvalue weighted by atomic mass is 9.72. The second-order valence-corrected chi connectivity index (χ2v) is 10.6. The topological polar surface area (TPSA) is 88.4 Å². The maximum Gasteiger partial charge on any atom is 0.243 e. The van der Waals surface area contributed by atoms with Crippen molar-refractivity contribution >= 4 is 15.9 Å². The third-order valence-corrected chi connectivity index (χ3v) is 8.63. The molecule has 3 aliphatic rings. The normalized spacial score (nSPS) is 23.4. The molecule has 1 atom stereocenters. The van der Waals surface area contributed by atoms with Gasteiger partial charge in [-0.05, 0) is 42.5 Å². The largest absolute Gasteiger partial charge is 0.341 e. The summed E-state index contributed by atoms with van der Waals surface area (Å²) in [7, 11) is -1.65. The van der Waals surface area contributed by atoms with Crippen LogP contribution in [0.25, 0.3) is 0 Å². The van der Waals surface area contributed by atoms with Gasteiger partial charge in [0.25, 0.3) is 0 Å². The molecule has 1 unspecified atom stereocenters. The van der Waals surface area contributed by atoms with Crippen LogP contribution in [-0.2, 0) is 34.7 Å². The van der Waals surface area contributed by atoms with Crippen molar-refractivity contribution in [3.05, 3.63) is 41.5 Å². The second kappa shape index (κ2) is 6.37. The van der Waals surface area contributed by atoms with Gasteiger partial charge in [0.2, 0.25) is 15.9 Å². The van der Waals surface area contributed by atoms with Crippen molar-refractivity contribution in [2.45, 2.75) is 37.0 Å². The number of hydrogen-bond acceptors (Lipinski definition) is 5. The number of nitrogens with zero attached hydrogens (tertiary/aromatic N) is 5. The van der Waals surface area contributed by atoms with Crippen LogP contribution in [0, 0.1) is 5.41 Å². The first kappa shape index (κ1) is 18.7. The molecule has 2 aliphatic heterocycles. The molecule has 0 bridgehead atoms. The summed E-state index contributed by atoms with van der Waals surface area (Å²) in [6.45, 7) is 3.45. The van der Waals surface area contributed by atoms with E-state index in [0.29, 0.717) is 31.1 Å². The summed E-state index contributed by atoms with van der Waals surface area (Å²) in [5.41, 5.74) is 2.11. The Morgan fingerprint density at radius 1 is 1.17 bits per heavy atom. The zero-order valence-electron chi connectivity index (χ0n) is 16.7. The van der Waals surface area contributed by atoms with E-state index >= 15 is 0 Å². The third-order valence-electron chi connectivity index (χ3n) is 6.84. The molecule has 0 N–H and O–H groups in total. The molecule has 9 heteroatoms. The average molecular weight is 416 g/mol. The first-order chi connectivity index (χ1) is 13.8. The van der Waals surface area contributed by atoms with Gasteiger partial charge in [0, 0.05) is 51.5 Å². The minimum Gasteiger partial charge on any atom is -0.341 e. The number of amides is 1. The number of hydrogen-bond donors (Lipinski definition) is 0. The Kier molecular flexibility index (Phi) is 4.12. The highest BCUT2D eigenvalue weighted by Gasteiger charge is 2.59. The van der Waals surface area contributed by atoms with Crippen LogP contribution < -0.4 is 0 Å². The summed E-state index contributed by atoms with van der Waals surface area (Å²) in [4.78, 5) is 14.2. The molecule has 1 aliphatic carbocycles. The van der Waals surface area contributed by atoms with Gasteiger partial charge in [-0.25, -0.2) is 8.42 Å². The molecule has 3 heterocycles. The van der Waals surface area contributed by atoms with Gasteiger partial charge >= 0.3 is 0 Å². The van der Waals surface area contributed by atoms with Gasteiger partial charge in [0.05, 0.1) is 4.90 Å². The van der Waals surface area contributed by atoms with E-state index in [-0.39, 0.29) is 17.2 Å². The van der Waals surface area contributed by atoms with E-state index < -0.39 is 10.0 Å². The predicted molar refractivity (Wildman–Crippen MR) is 106 cm³/mol. The van der Waals surface area contributed by atoms with E-state index in [1.165, 1.54) is 5.56 Å². The van der Waals surface area contributed by atoms with Gasteiger partial charge in [0.15, 0.2) is 0 Å². The molecule has 8 nitrogen and oxygen atoms in total. The first-order valence-electron chi connectivity index (χ1n) is 10.0. The molecule has 5 rings (SSSR count). The van der Waals surface area contributed by atoms with Crippen LogP contribution in [0.2, 0.25) is 0 Å². The molecule has 1 aromatic heterocycles. The number of sulfonamides is 1. The molecule has 0 radical (unpaired) electrons. The van der Waals surface area contributed by atoms with E-state index in [2.05, 4.69) is 10.2 Å². The Bertz CT molecular complexity index is 1090. The Labute approximate surface area is 170 Å². The lowest BCUT2D eigenvalue weighted by Gasteiger charge is -2.49. The summed E-state index contributed by atoms with van der Waals surface area (Å²) in [6.07, 6.45) is 4.72. The highest BCUT2D eigenvalue weighted by atomic mass is 32.2. The Morgan fingerprint density at radius 3 is 2.62 bits per heavy atom. The molecule has 0 saturated carbocycles. The van der Waals surface area contributed by atoms with Crippen LogP contribution in [-0.4, -0.2) is 64.5 Å². The lowest BCUT2D eigenvalue weighted by molar-refractivity contribution is -0.128. The number of carbonyl (C=O) groups excluding carboxylic acids is 1. The lowest BCUT2D eigenvalue weighted by Crippen LogP contribution is -2.61. The molecular weight excluding hydrogens is 390 g/mol. The second-order valence-electron chi connectivity index (χ2n) is 8.67. The summed E-state index contributed by atoms with van der Waals surface area (Å²) in [5.74, 6) is 0.794. The van der Waals surface area contributed by atoms with Crippen molar-refractivity contribution in [2.24, 2.45) is 12.5 Å². The maximum absolute atomic E-state index is 13.2. The van der Waals surface area contributed by atoms with Crippen molar-refractivity contribution in [3.63, 3.8) is 0 Å². The average Bonchev–Trinajstić information content (AvgIpc) is 3.36. The molecule has 154 valence electrons. The van der Waals surface area contributed by atoms with Gasteiger partial charge in [-0.3, -0.25) is 4.79 Å². The standard InChI is InChI=1S/C20H25N5O3S/c1-14(26)24-9-18(19-22-21-13-23(19)2)20(10-24)11-25(12-20)29(27,28)17-7-6-15-4-3-5-16(15)8-17/h6-8,13,18H,3-5,9-12H2,1-2H3.